The average Bonchev–Trinajstić information content (AvgIpc) is 2.84. The molecule has 26 heavy (non-hydrogen) atoms. The highest BCUT2D eigenvalue weighted by Gasteiger charge is 2.49. The number of ether oxygens (including phenoxy) is 1. The van der Waals surface area contributed by atoms with Crippen molar-refractivity contribution in [2.45, 2.75) is 26.3 Å². The Bertz CT molecular complexity index is 890. The summed E-state index contributed by atoms with van der Waals surface area (Å²) in [5.74, 6) is 0.257. The van der Waals surface area contributed by atoms with E-state index in [2.05, 4.69) is 10.4 Å². The number of rotatable bonds is 4. The van der Waals surface area contributed by atoms with Crippen LogP contribution in [-0.4, -0.2) is 30.3 Å². The summed E-state index contributed by atoms with van der Waals surface area (Å²) in [5.41, 5.74) is 2.53. The number of hydrogen-bond acceptors (Lipinski definition) is 4. The first-order chi connectivity index (χ1) is 12.3. The van der Waals surface area contributed by atoms with Crippen molar-refractivity contribution in [3.05, 3.63) is 64.7 Å². The number of imide groups is 1. The van der Waals surface area contributed by atoms with Gasteiger partial charge in [0, 0.05) is 0 Å². The first-order valence-electron chi connectivity index (χ1n) is 8.27. The van der Waals surface area contributed by atoms with Crippen molar-refractivity contribution in [1.29, 1.82) is 0 Å². The summed E-state index contributed by atoms with van der Waals surface area (Å²) < 4.78 is 5.13. The van der Waals surface area contributed by atoms with Gasteiger partial charge in [-0.25, -0.2) is 4.79 Å². The Hall–Kier alpha value is -3.15. The summed E-state index contributed by atoms with van der Waals surface area (Å²) >= 11 is 0. The molecule has 0 spiro atoms. The zero-order valence-corrected chi connectivity index (χ0v) is 15.2. The Balaban J connectivity index is 1.87. The van der Waals surface area contributed by atoms with Gasteiger partial charge in [-0.1, -0.05) is 35.9 Å². The van der Waals surface area contributed by atoms with Gasteiger partial charge in [0.2, 0.25) is 0 Å². The number of nitrogens with zero attached hydrogens (tertiary/aromatic N) is 2. The molecule has 6 nitrogen and oxygen atoms in total. The summed E-state index contributed by atoms with van der Waals surface area (Å²) in [7, 11) is 1.57. The summed E-state index contributed by atoms with van der Waals surface area (Å²) in [6, 6.07) is 12.4. The normalized spacial score (nSPS) is 19.9. The molecule has 3 amide bonds. The molecular formula is C20H21N3O3. The lowest BCUT2D eigenvalue weighted by Crippen LogP contribution is -2.40. The molecule has 2 aromatic rings. The third kappa shape index (κ3) is 3.06. The van der Waals surface area contributed by atoms with E-state index in [0.717, 1.165) is 21.7 Å². The average molecular weight is 351 g/mol. The topological polar surface area (TPSA) is 71.0 Å². The van der Waals surface area contributed by atoms with E-state index in [9.17, 15) is 9.59 Å². The molecule has 0 saturated carbocycles. The van der Waals surface area contributed by atoms with Crippen LogP contribution in [0.15, 0.2) is 47.6 Å². The first kappa shape index (κ1) is 17.7. The van der Waals surface area contributed by atoms with Crippen molar-refractivity contribution in [2.75, 3.05) is 7.11 Å². The number of hydrogen-bond donors (Lipinski definition) is 1. The van der Waals surface area contributed by atoms with Crippen molar-refractivity contribution < 1.29 is 14.3 Å². The van der Waals surface area contributed by atoms with Crippen molar-refractivity contribution in [3.8, 4) is 5.75 Å². The molecule has 1 fully saturated rings. The number of aryl methyl sites for hydroxylation is 2. The maximum atomic E-state index is 12.9. The fraction of sp³-hybridized carbons (Fsp3) is 0.250. The van der Waals surface area contributed by atoms with Crippen molar-refractivity contribution in [2.24, 2.45) is 5.10 Å². The third-order valence-electron chi connectivity index (χ3n) is 4.57. The number of benzene rings is 2. The fourth-order valence-electron chi connectivity index (χ4n) is 2.94. The van der Waals surface area contributed by atoms with E-state index in [1.165, 1.54) is 6.21 Å². The predicted octanol–water partition coefficient (Wildman–Crippen LogP) is 3.11. The van der Waals surface area contributed by atoms with Gasteiger partial charge in [0.25, 0.3) is 5.91 Å². The molecule has 1 atom stereocenters. The molecule has 1 N–H and O–H groups in total. The van der Waals surface area contributed by atoms with E-state index in [4.69, 9.17) is 4.74 Å². The maximum absolute atomic E-state index is 12.9. The van der Waals surface area contributed by atoms with Gasteiger partial charge in [-0.3, -0.25) is 4.79 Å². The van der Waals surface area contributed by atoms with Gasteiger partial charge in [-0.15, -0.1) is 5.01 Å². The molecule has 3 rings (SSSR count). The minimum absolute atomic E-state index is 0.423. The van der Waals surface area contributed by atoms with Crippen LogP contribution in [-0.2, 0) is 10.3 Å². The van der Waals surface area contributed by atoms with E-state index >= 15 is 0 Å². The van der Waals surface area contributed by atoms with Crippen LogP contribution >= 0.6 is 0 Å². The van der Waals surface area contributed by atoms with E-state index in [1.807, 2.05) is 32.0 Å². The highest BCUT2D eigenvalue weighted by atomic mass is 16.5. The second-order valence-corrected chi connectivity index (χ2v) is 6.51. The second-order valence-electron chi connectivity index (χ2n) is 6.51. The lowest BCUT2D eigenvalue weighted by Gasteiger charge is -2.21. The second kappa shape index (κ2) is 6.63. The number of methoxy groups -OCH3 is 1. The molecule has 1 aliphatic heterocycles. The van der Waals surface area contributed by atoms with Crippen LogP contribution in [0.1, 0.15) is 29.2 Å². The summed E-state index contributed by atoms with van der Waals surface area (Å²) in [5, 5.41) is 7.73. The predicted molar refractivity (Wildman–Crippen MR) is 99.2 cm³/mol. The van der Waals surface area contributed by atoms with Gasteiger partial charge >= 0.3 is 6.03 Å². The van der Waals surface area contributed by atoms with Crippen LogP contribution in [0, 0.1) is 13.8 Å². The Morgan fingerprint density at radius 2 is 1.81 bits per heavy atom. The molecule has 0 radical (unpaired) electrons. The molecule has 2 aromatic carbocycles. The minimum atomic E-state index is -1.16. The van der Waals surface area contributed by atoms with E-state index in [1.54, 1.807) is 38.3 Å². The number of nitrogens with one attached hydrogen (secondary N) is 1. The Kier molecular flexibility index (Phi) is 4.50. The van der Waals surface area contributed by atoms with E-state index < -0.39 is 17.5 Å². The highest BCUT2D eigenvalue weighted by molar-refractivity contribution is 6.07. The Morgan fingerprint density at radius 1 is 1.12 bits per heavy atom. The van der Waals surface area contributed by atoms with Crippen molar-refractivity contribution >= 4 is 18.2 Å². The smallest absolute Gasteiger partial charge is 0.346 e. The molecular weight excluding hydrogens is 330 g/mol. The summed E-state index contributed by atoms with van der Waals surface area (Å²) in [6.45, 7) is 5.63. The molecule has 134 valence electrons. The third-order valence-corrected chi connectivity index (χ3v) is 4.57. The van der Waals surface area contributed by atoms with Crippen LogP contribution in [0.4, 0.5) is 4.79 Å². The van der Waals surface area contributed by atoms with E-state index in [0.29, 0.717) is 11.3 Å². The zero-order valence-electron chi connectivity index (χ0n) is 15.2. The van der Waals surface area contributed by atoms with Gasteiger partial charge < -0.3 is 10.1 Å². The number of carbonyl (C=O) groups is 2. The van der Waals surface area contributed by atoms with Crippen LogP contribution < -0.4 is 10.1 Å². The number of urea groups is 1. The molecule has 6 heteroatoms. The molecule has 1 heterocycles. The number of carbonyl (C=O) groups excluding carboxylic acids is 2. The van der Waals surface area contributed by atoms with Crippen molar-refractivity contribution in [3.63, 3.8) is 0 Å². The Morgan fingerprint density at radius 3 is 2.42 bits per heavy atom. The molecule has 1 aliphatic rings. The standard InChI is InChI=1S/C20H21N3O3/c1-13-5-6-15(14(2)11-13)12-21-23-18(24)20(3,22-19(23)25)16-7-9-17(26-4)10-8-16/h5-12H,1-4H3,(H,22,25)/b21-12+. The molecule has 1 saturated heterocycles. The lowest BCUT2D eigenvalue weighted by atomic mass is 9.92. The SMILES string of the molecule is COc1ccc(C2(C)NC(=O)N(/N=C/c3ccc(C)cc3C)C2=O)cc1. The summed E-state index contributed by atoms with van der Waals surface area (Å²) in [6.07, 6.45) is 1.53. The van der Waals surface area contributed by atoms with Crippen LogP contribution in [0.5, 0.6) is 5.75 Å². The molecule has 1 unspecified atom stereocenters. The van der Waals surface area contributed by atoms with E-state index in [-0.39, 0.29) is 0 Å². The highest BCUT2D eigenvalue weighted by Crippen LogP contribution is 2.30. The first-order valence-corrected chi connectivity index (χ1v) is 8.27. The number of hydrazone groups is 1. The largest absolute Gasteiger partial charge is 0.497 e. The molecule has 0 aromatic heterocycles. The van der Waals surface area contributed by atoms with Gasteiger partial charge in [-0.05, 0) is 49.6 Å². The lowest BCUT2D eigenvalue weighted by molar-refractivity contribution is -0.131. The van der Waals surface area contributed by atoms with Crippen molar-refractivity contribution in [1.82, 2.24) is 10.3 Å². The van der Waals surface area contributed by atoms with Crippen LogP contribution in [0.25, 0.3) is 0 Å². The van der Waals surface area contributed by atoms with Gasteiger partial charge in [-0.2, -0.15) is 5.10 Å². The van der Waals surface area contributed by atoms with Crippen LogP contribution in [0.3, 0.4) is 0 Å². The van der Waals surface area contributed by atoms with Gasteiger partial charge in [0.15, 0.2) is 0 Å². The van der Waals surface area contributed by atoms with Gasteiger partial charge in [0.1, 0.15) is 11.3 Å². The summed E-state index contributed by atoms with van der Waals surface area (Å²) in [4.78, 5) is 25.2. The monoisotopic (exact) mass is 351 g/mol. The molecule has 0 aliphatic carbocycles. The fourth-order valence-corrected chi connectivity index (χ4v) is 2.94. The molecule has 0 bridgehead atoms. The number of amides is 3. The minimum Gasteiger partial charge on any atom is -0.497 e. The Labute approximate surface area is 152 Å². The quantitative estimate of drug-likeness (QED) is 0.680. The maximum Gasteiger partial charge on any atom is 0.346 e. The van der Waals surface area contributed by atoms with Gasteiger partial charge in [0.05, 0.1) is 13.3 Å². The van der Waals surface area contributed by atoms with Crippen LogP contribution in [0.2, 0.25) is 0 Å². The zero-order chi connectivity index (χ0) is 18.9.